The number of benzene rings is 3. The van der Waals surface area contributed by atoms with Gasteiger partial charge < -0.3 is 4.57 Å². The second-order valence-corrected chi connectivity index (χ2v) is 8.89. The summed E-state index contributed by atoms with van der Waals surface area (Å²) in [7, 11) is 0. The molecule has 0 fully saturated rings. The Morgan fingerprint density at radius 2 is 1.65 bits per heavy atom. The molecule has 2 aromatic heterocycles. The predicted molar refractivity (Wildman–Crippen MR) is 125 cm³/mol. The van der Waals surface area contributed by atoms with E-state index in [1.807, 2.05) is 73.1 Å². The number of nitrogens with zero attached hydrogens (tertiary/aromatic N) is 3. The van der Waals surface area contributed by atoms with Crippen molar-refractivity contribution in [2.75, 3.05) is 0 Å². The van der Waals surface area contributed by atoms with E-state index in [0.29, 0.717) is 5.52 Å². The number of hydrogen-bond donors (Lipinski definition) is 0. The van der Waals surface area contributed by atoms with Gasteiger partial charge in [-0.05, 0) is 50.2 Å². The monoisotopic (exact) mass is 447 g/mol. The normalized spacial score (nSPS) is 11.4. The van der Waals surface area contributed by atoms with E-state index in [-0.39, 0.29) is 5.02 Å². The first-order valence-electron chi connectivity index (χ1n) is 9.87. The van der Waals surface area contributed by atoms with Crippen molar-refractivity contribution >= 4 is 34.3 Å². The molecule has 0 aliphatic heterocycles. The van der Waals surface area contributed by atoms with Crippen molar-refractivity contribution in [3.05, 3.63) is 101 Å². The van der Waals surface area contributed by atoms with E-state index >= 15 is 4.39 Å². The van der Waals surface area contributed by atoms with Crippen molar-refractivity contribution in [2.45, 2.75) is 23.6 Å². The van der Waals surface area contributed by atoms with Crippen LogP contribution in [0.2, 0.25) is 5.02 Å². The summed E-state index contributed by atoms with van der Waals surface area (Å²) >= 11 is 7.79. The summed E-state index contributed by atoms with van der Waals surface area (Å²) in [6.45, 7) is 4.05. The summed E-state index contributed by atoms with van der Waals surface area (Å²) in [6.07, 6.45) is 3.66. The van der Waals surface area contributed by atoms with Crippen LogP contribution >= 0.6 is 23.4 Å². The van der Waals surface area contributed by atoms with Gasteiger partial charge in [-0.3, -0.25) is 0 Å². The van der Waals surface area contributed by atoms with Crippen molar-refractivity contribution in [1.29, 1.82) is 0 Å². The van der Waals surface area contributed by atoms with E-state index in [1.165, 1.54) is 5.56 Å². The van der Waals surface area contributed by atoms with Crippen LogP contribution in [0.15, 0.2) is 88.9 Å². The van der Waals surface area contributed by atoms with Gasteiger partial charge in [0, 0.05) is 20.9 Å². The average Bonchev–Trinajstić information content (AvgIpc) is 3.36. The van der Waals surface area contributed by atoms with Gasteiger partial charge in [-0.25, -0.2) is 9.07 Å². The first-order valence-corrected chi connectivity index (χ1v) is 11.1. The van der Waals surface area contributed by atoms with E-state index < -0.39 is 5.82 Å². The van der Waals surface area contributed by atoms with Crippen LogP contribution in [0.5, 0.6) is 0 Å². The zero-order valence-corrected chi connectivity index (χ0v) is 18.6. The minimum atomic E-state index is -0.426. The van der Waals surface area contributed by atoms with E-state index in [4.69, 9.17) is 11.6 Å². The number of fused-ring (bicyclic) bond motifs is 1. The van der Waals surface area contributed by atoms with Gasteiger partial charge in [0.25, 0.3) is 0 Å². The Balaban J connectivity index is 1.69. The van der Waals surface area contributed by atoms with Crippen LogP contribution < -0.4 is 0 Å². The lowest BCUT2D eigenvalue weighted by Crippen LogP contribution is -1.98. The summed E-state index contributed by atoms with van der Waals surface area (Å²) in [5.74, 6) is -0.426. The number of halogens is 2. The molecule has 3 nitrogen and oxygen atoms in total. The number of hydrogen-bond acceptors (Lipinski definition) is 2. The number of aryl methyl sites for hydroxylation is 1. The minimum Gasteiger partial charge on any atom is -0.307 e. The maximum Gasteiger partial charge on any atom is 0.166 e. The Morgan fingerprint density at radius 3 is 2.39 bits per heavy atom. The van der Waals surface area contributed by atoms with Crippen molar-refractivity contribution in [1.82, 2.24) is 14.3 Å². The molecule has 31 heavy (non-hydrogen) atoms. The Bertz CT molecular complexity index is 1390. The molecule has 3 aromatic carbocycles. The van der Waals surface area contributed by atoms with Crippen LogP contribution in [0.4, 0.5) is 4.39 Å². The van der Waals surface area contributed by atoms with Crippen molar-refractivity contribution in [3.8, 4) is 11.4 Å². The zero-order chi connectivity index (χ0) is 21.5. The lowest BCUT2D eigenvalue weighted by Gasteiger charge is -2.07. The van der Waals surface area contributed by atoms with Gasteiger partial charge in [-0.1, -0.05) is 59.3 Å². The molecular weight excluding hydrogens is 429 g/mol. The third-order valence-corrected chi connectivity index (χ3v) is 6.81. The van der Waals surface area contributed by atoms with Crippen LogP contribution in [0.25, 0.3) is 22.3 Å². The van der Waals surface area contributed by atoms with Crippen LogP contribution in [0.3, 0.4) is 0 Å². The van der Waals surface area contributed by atoms with Gasteiger partial charge in [0.2, 0.25) is 0 Å². The standard InChI is InChI=1S/C25H19ClFN3S/c1-16-8-10-18(11-9-16)29-15-19(14-28-29)30-17(2)25(31-20-6-4-3-5-7-20)21-12-13-22(26)23(27)24(21)30/h3-15H,1-2H3. The maximum atomic E-state index is 15.3. The minimum absolute atomic E-state index is 0.105. The lowest BCUT2D eigenvalue weighted by atomic mass is 10.2. The van der Waals surface area contributed by atoms with Crippen LogP contribution in [0, 0.1) is 19.7 Å². The molecule has 0 radical (unpaired) electrons. The molecule has 6 heteroatoms. The van der Waals surface area contributed by atoms with Gasteiger partial charge in [0.15, 0.2) is 5.82 Å². The Labute approximate surface area is 189 Å². The molecule has 0 aliphatic rings. The van der Waals surface area contributed by atoms with Crippen LogP contribution in [-0.4, -0.2) is 14.3 Å². The van der Waals surface area contributed by atoms with E-state index in [9.17, 15) is 0 Å². The molecule has 0 spiro atoms. The van der Waals surface area contributed by atoms with Gasteiger partial charge in [-0.2, -0.15) is 5.10 Å². The second kappa shape index (κ2) is 7.91. The fourth-order valence-electron chi connectivity index (χ4n) is 3.73. The highest BCUT2D eigenvalue weighted by molar-refractivity contribution is 7.99. The summed E-state index contributed by atoms with van der Waals surface area (Å²) in [6, 6.07) is 21.7. The van der Waals surface area contributed by atoms with E-state index in [0.717, 1.165) is 32.2 Å². The third-order valence-electron chi connectivity index (χ3n) is 5.29. The van der Waals surface area contributed by atoms with Crippen molar-refractivity contribution in [3.63, 3.8) is 0 Å². The highest BCUT2D eigenvalue weighted by atomic mass is 35.5. The SMILES string of the molecule is Cc1ccc(-n2cc(-n3c(C)c(Sc4ccccc4)c4ccc(Cl)c(F)c43)cn2)cc1. The lowest BCUT2D eigenvalue weighted by molar-refractivity contribution is 0.634. The molecular formula is C25H19ClFN3S. The number of aromatic nitrogens is 3. The second-order valence-electron chi connectivity index (χ2n) is 7.40. The molecule has 5 aromatic rings. The largest absolute Gasteiger partial charge is 0.307 e. The van der Waals surface area contributed by atoms with Crippen LogP contribution in [-0.2, 0) is 0 Å². The molecule has 0 bridgehead atoms. The van der Waals surface area contributed by atoms with Gasteiger partial charge in [0.05, 0.1) is 34.3 Å². The summed E-state index contributed by atoms with van der Waals surface area (Å²) in [5, 5.41) is 5.45. The van der Waals surface area contributed by atoms with Crippen molar-refractivity contribution in [2.24, 2.45) is 0 Å². The molecule has 154 valence electrons. The predicted octanol–water partition coefficient (Wildman–Crippen LogP) is 7.38. The number of rotatable bonds is 4. The maximum absolute atomic E-state index is 15.3. The average molecular weight is 448 g/mol. The van der Waals surface area contributed by atoms with Gasteiger partial charge >= 0.3 is 0 Å². The van der Waals surface area contributed by atoms with Crippen LogP contribution in [0.1, 0.15) is 11.3 Å². The topological polar surface area (TPSA) is 22.8 Å². The molecule has 0 saturated carbocycles. The smallest absolute Gasteiger partial charge is 0.166 e. The molecule has 0 amide bonds. The Hall–Kier alpha value is -3.02. The highest BCUT2D eigenvalue weighted by Crippen LogP contribution is 2.41. The first-order chi connectivity index (χ1) is 15.0. The highest BCUT2D eigenvalue weighted by Gasteiger charge is 2.22. The van der Waals surface area contributed by atoms with E-state index in [1.54, 1.807) is 28.7 Å². The molecule has 0 aliphatic carbocycles. The molecule has 0 N–H and O–H groups in total. The summed E-state index contributed by atoms with van der Waals surface area (Å²) < 4.78 is 19.0. The summed E-state index contributed by atoms with van der Waals surface area (Å²) in [4.78, 5) is 2.09. The van der Waals surface area contributed by atoms with Gasteiger partial charge in [0.1, 0.15) is 0 Å². The first kappa shape index (κ1) is 19.9. The zero-order valence-electron chi connectivity index (χ0n) is 17.0. The molecule has 0 saturated heterocycles. The molecule has 0 atom stereocenters. The quantitative estimate of drug-likeness (QED) is 0.287. The summed E-state index contributed by atoms with van der Waals surface area (Å²) in [5.41, 5.74) is 4.32. The van der Waals surface area contributed by atoms with Crippen molar-refractivity contribution < 1.29 is 4.39 Å². The molecule has 2 heterocycles. The van der Waals surface area contributed by atoms with Gasteiger partial charge in [-0.15, -0.1) is 0 Å². The third kappa shape index (κ3) is 3.54. The molecule has 5 rings (SSSR count). The fourth-order valence-corrected chi connectivity index (χ4v) is 4.93. The Morgan fingerprint density at radius 1 is 0.903 bits per heavy atom. The Kier molecular flexibility index (Phi) is 5.08. The molecule has 0 unspecified atom stereocenters. The van der Waals surface area contributed by atoms with E-state index in [2.05, 4.69) is 17.2 Å². The fraction of sp³-hybridized carbons (Fsp3) is 0.0800.